The number of unbranched alkanes of at least 4 members (excludes halogenated alkanes) is 2. The van der Waals surface area contributed by atoms with Crippen molar-refractivity contribution in [2.75, 3.05) is 5.50 Å². The van der Waals surface area contributed by atoms with Crippen LogP contribution in [0.5, 0.6) is 0 Å². The number of rotatable bonds is 7. The first-order valence-electron chi connectivity index (χ1n) is 4.93. The predicted molar refractivity (Wildman–Crippen MR) is 61.8 cm³/mol. The Morgan fingerprint density at radius 1 is 1.00 bits per heavy atom. The Hall–Kier alpha value is 0.797. The quantitative estimate of drug-likeness (QED) is 0.340. The van der Waals surface area contributed by atoms with Crippen LogP contribution in [0.25, 0.3) is 0 Å². The van der Waals surface area contributed by atoms with Gasteiger partial charge in [-0.3, -0.25) is 0 Å². The molecule has 0 N–H and O–H groups in total. The van der Waals surface area contributed by atoms with Crippen LogP contribution in [0, 0.1) is 0 Å². The SMILES string of the molecule is CCCC[Si](Cl)(CCl)CCCC. The summed E-state index contributed by atoms with van der Waals surface area (Å²) in [7, 11) is -1.53. The van der Waals surface area contributed by atoms with Gasteiger partial charge in [-0.25, -0.2) is 0 Å². The molecule has 12 heavy (non-hydrogen) atoms. The fourth-order valence-corrected chi connectivity index (χ4v) is 5.34. The molecule has 0 saturated heterocycles. The Balaban J connectivity index is 3.70. The standard InChI is InChI=1S/C9H20Cl2Si/c1-3-5-7-12(11,9-10)8-6-4-2/h3-9H2,1-2H3. The van der Waals surface area contributed by atoms with Crippen LogP contribution in [-0.2, 0) is 0 Å². The molecule has 0 amide bonds. The van der Waals surface area contributed by atoms with Crippen LogP contribution < -0.4 is 0 Å². The highest BCUT2D eigenvalue weighted by molar-refractivity contribution is 7.22. The van der Waals surface area contributed by atoms with Gasteiger partial charge in [0.25, 0.3) is 0 Å². The van der Waals surface area contributed by atoms with Crippen molar-refractivity contribution in [2.45, 2.75) is 51.6 Å². The predicted octanol–water partition coefficient (Wildman–Crippen LogP) is 4.55. The molecule has 0 heterocycles. The summed E-state index contributed by atoms with van der Waals surface area (Å²) >= 11 is 12.4. The van der Waals surface area contributed by atoms with E-state index < -0.39 is 7.38 Å². The minimum absolute atomic E-state index is 0.731. The molecule has 0 aliphatic heterocycles. The molecule has 0 rings (SSSR count). The Morgan fingerprint density at radius 3 is 1.67 bits per heavy atom. The van der Waals surface area contributed by atoms with Gasteiger partial charge in [-0.05, 0) is 12.1 Å². The van der Waals surface area contributed by atoms with E-state index in [-0.39, 0.29) is 0 Å². The summed E-state index contributed by atoms with van der Waals surface area (Å²) in [6.07, 6.45) is 4.99. The summed E-state index contributed by atoms with van der Waals surface area (Å²) < 4.78 is 0. The minimum atomic E-state index is -1.53. The summed E-state index contributed by atoms with van der Waals surface area (Å²) in [5.41, 5.74) is 0.731. The largest absolute Gasteiger partial charge is 0.171 e. The molecule has 0 aliphatic carbocycles. The van der Waals surface area contributed by atoms with Crippen molar-refractivity contribution in [1.29, 1.82) is 0 Å². The van der Waals surface area contributed by atoms with Crippen LogP contribution in [-0.4, -0.2) is 12.9 Å². The molecule has 0 saturated carbocycles. The van der Waals surface area contributed by atoms with E-state index in [4.69, 9.17) is 22.7 Å². The highest BCUT2D eigenvalue weighted by Crippen LogP contribution is 2.26. The van der Waals surface area contributed by atoms with Crippen molar-refractivity contribution in [3.05, 3.63) is 0 Å². The van der Waals surface area contributed by atoms with Crippen LogP contribution in [0.15, 0.2) is 0 Å². The molecule has 3 heteroatoms. The average molecular weight is 227 g/mol. The van der Waals surface area contributed by atoms with Crippen molar-refractivity contribution in [3.63, 3.8) is 0 Å². The molecular weight excluding hydrogens is 207 g/mol. The summed E-state index contributed by atoms with van der Waals surface area (Å²) in [5.74, 6) is 0. The van der Waals surface area contributed by atoms with Gasteiger partial charge in [-0.2, -0.15) is 11.1 Å². The maximum Gasteiger partial charge on any atom is 0.171 e. The van der Waals surface area contributed by atoms with Gasteiger partial charge in [0.2, 0.25) is 0 Å². The van der Waals surface area contributed by atoms with Gasteiger partial charge in [-0.1, -0.05) is 39.5 Å². The third-order valence-electron chi connectivity index (χ3n) is 2.20. The van der Waals surface area contributed by atoms with Gasteiger partial charge in [-0.15, -0.1) is 11.6 Å². The fraction of sp³-hybridized carbons (Fsp3) is 1.00. The van der Waals surface area contributed by atoms with Gasteiger partial charge in [0.05, 0.1) is 0 Å². The molecular formula is C9H20Cl2Si. The zero-order chi connectivity index (χ0) is 9.45. The first-order valence-corrected chi connectivity index (χ1v) is 9.10. The van der Waals surface area contributed by atoms with Gasteiger partial charge < -0.3 is 0 Å². The van der Waals surface area contributed by atoms with Crippen LogP contribution in [0.1, 0.15) is 39.5 Å². The smallest absolute Gasteiger partial charge is 0.166 e. The second kappa shape index (κ2) is 7.22. The minimum Gasteiger partial charge on any atom is -0.166 e. The lowest BCUT2D eigenvalue weighted by atomic mass is 10.4. The monoisotopic (exact) mass is 226 g/mol. The van der Waals surface area contributed by atoms with Crippen LogP contribution in [0.3, 0.4) is 0 Å². The van der Waals surface area contributed by atoms with Gasteiger partial charge in [0, 0.05) is 5.50 Å². The summed E-state index contributed by atoms with van der Waals surface area (Å²) in [4.78, 5) is 0. The Labute approximate surface area is 87.4 Å². The summed E-state index contributed by atoms with van der Waals surface area (Å²) in [5, 5.41) is 0. The Morgan fingerprint density at radius 2 is 1.42 bits per heavy atom. The molecule has 0 radical (unpaired) electrons. The lowest BCUT2D eigenvalue weighted by Gasteiger charge is -2.20. The first kappa shape index (κ1) is 12.8. The number of halogens is 2. The zero-order valence-corrected chi connectivity index (χ0v) is 10.7. The second-order valence-electron chi connectivity index (χ2n) is 3.49. The second-order valence-corrected chi connectivity index (χ2v) is 10.3. The summed E-state index contributed by atoms with van der Waals surface area (Å²) in [6.45, 7) is 4.42. The third kappa shape index (κ3) is 5.44. The van der Waals surface area contributed by atoms with Crippen molar-refractivity contribution < 1.29 is 0 Å². The lowest BCUT2D eigenvalue weighted by molar-refractivity contribution is 0.837. The number of hydrogen-bond donors (Lipinski definition) is 0. The molecule has 0 aromatic heterocycles. The lowest BCUT2D eigenvalue weighted by Crippen LogP contribution is -2.29. The van der Waals surface area contributed by atoms with Crippen molar-refractivity contribution in [2.24, 2.45) is 0 Å². The van der Waals surface area contributed by atoms with Gasteiger partial charge in [0.15, 0.2) is 7.38 Å². The van der Waals surface area contributed by atoms with Crippen LogP contribution in [0.2, 0.25) is 12.1 Å². The molecule has 0 spiro atoms. The van der Waals surface area contributed by atoms with Crippen LogP contribution in [0.4, 0.5) is 0 Å². The van der Waals surface area contributed by atoms with E-state index in [0.717, 1.165) is 5.50 Å². The van der Waals surface area contributed by atoms with E-state index in [9.17, 15) is 0 Å². The summed E-state index contributed by atoms with van der Waals surface area (Å²) in [6, 6.07) is 2.41. The van der Waals surface area contributed by atoms with Gasteiger partial charge in [0.1, 0.15) is 0 Å². The highest BCUT2D eigenvalue weighted by atomic mass is 35.6. The average Bonchev–Trinajstić information content (AvgIpc) is 2.11. The number of hydrogen-bond acceptors (Lipinski definition) is 0. The molecule has 0 fully saturated rings. The zero-order valence-electron chi connectivity index (χ0n) is 8.21. The third-order valence-corrected chi connectivity index (χ3v) is 8.65. The molecule has 74 valence electrons. The van der Waals surface area contributed by atoms with Gasteiger partial charge >= 0.3 is 0 Å². The topological polar surface area (TPSA) is 0 Å². The van der Waals surface area contributed by atoms with E-state index in [1.807, 2.05) is 0 Å². The maximum atomic E-state index is 6.49. The molecule has 0 atom stereocenters. The van der Waals surface area contributed by atoms with Crippen molar-refractivity contribution in [1.82, 2.24) is 0 Å². The highest BCUT2D eigenvalue weighted by Gasteiger charge is 2.27. The molecule has 0 aromatic rings. The molecule has 0 bridgehead atoms. The molecule has 0 aromatic carbocycles. The van der Waals surface area contributed by atoms with E-state index in [1.165, 1.54) is 37.8 Å². The maximum absolute atomic E-state index is 6.49. The molecule has 0 unspecified atom stereocenters. The first-order chi connectivity index (χ1) is 5.68. The molecule has 0 aliphatic rings. The van der Waals surface area contributed by atoms with Crippen molar-refractivity contribution >= 4 is 30.1 Å². The molecule has 0 nitrogen and oxygen atoms in total. The van der Waals surface area contributed by atoms with Crippen molar-refractivity contribution in [3.8, 4) is 0 Å². The van der Waals surface area contributed by atoms with E-state index >= 15 is 0 Å². The Bertz CT molecular complexity index is 98.7. The normalized spacial score (nSPS) is 12.0. The van der Waals surface area contributed by atoms with E-state index in [0.29, 0.717) is 0 Å². The Kier molecular flexibility index (Phi) is 7.70. The van der Waals surface area contributed by atoms with E-state index in [1.54, 1.807) is 0 Å². The number of alkyl halides is 1. The van der Waals surface area contributed by atoms with Crippen LogP contribution >= 0.6 is 22.7 Å². The van der Waals surface area contributed by atoms with E-state index in [2.05, 4.69) is 13.8 Å². The fourth-order valence-electron chi connectivity index (χ4n) is 1.25.